The summed E-state index contributed by atoms with van der Waals surface area (Å²) in [5, 5.41) is -0.221. The van der Waals surface area contributed by atoms with Gasteiger partial charge >= 0.3 is 0 Å². The maximum Gasteiger partial charge on any atom is 0.152 e. The van der Waals surface area contributed by atoms with Crippen molar-refractivity contribution in [1.29, 1.82) is 0 Å². The van der Waals surface area contributed by atoms with E-state index in [-0.39, 0.29) is 5.25 Å². The van der Waals surface area contributed by atoms with E-state index in [0.717, 1.165) is 26.1 Å². The summed E-state index contributed by atoms with van der Waals surface area (Å²) < 4.78 is 23.0. The van der Waals surface area contributed by atoms with Crippen molar-refractivity contribution in [3.63, 3.8) is 0 Å². The lowest BCUT2D eigenvalue weighted by Gasteiger charge is -2.14. The van der Waals surface area contributed by atoms with Crippen molar-refractivity contribution >= 4 is 9.84 Å². The first-order valence-electron chi connectivity index (χ1n) is 5.46. The van der Waals surface area contributed by atoms with Crippen molar-refractivity contribution in [2.75, 3.05) is 25.4 Å². The summed E-state index contributed by atoms with van der Waals surface area (Å²) in [5.74, 6) is 0.348. The zero-order chi connectivity index (χ0) is 10.6. The van der Waals surface area contributed by atoms with E-state index in [1.54, 1.807) is 13.8 Å². The molecule has 0 saturated carbocycles. The second-order valence-electron chi connectivity index (χ2n) is 4.32. The Morgan fingerprint density at radius 2 is 1.79 bits per heavy atom. The smallest absolute Gasteiger partial charge is 0.152 e. The van der Waals surface area contributed by atoms with Crippen LogP contribution in [-0.4, -0.2) is 44.0 Å². The van der Waals surface area contributed by atoms with Gasteiger partial charge in [-0.15, -0.1) is 0 Å². The van der Waals surface area contributed by atoms with Gasteiger partial charge in [0, 0.05) is 0 Å². The van der Waals surface area contributed by atoms with Crippen molar-refractivity contribution in [2.45, 2.75) is 38.4 Å². The zero-order valence-corrected chi connectivity index (χ0v) is 10.0. The first-order chi connectivity index (χ1) is 6.52. The van der Waals surface area contributed by atoms with Crippen molar-refractivity contribution < 1.29 is 8.42 Å². The zero-order valence-electron chi connectivity index (χ0n) is 9.20. The molecule has 0 radical (unpaired) electrons. The summed E-state index contributed by atoms with van der Waals surface area (Å²) in [6.45, 7) is 6.77. The molecule has 0 aromatic rings. The topological polar surface area (TPSA) is 37.4 Å². The molecule has 0 aromatic carbocycles. The Hall–Kier alpha value is -0.0900. The minimum atomic E-state index is -2.82. The van der Waals surface area contributed by atoms with E-state index in [4.69, 9.17) is 0 Å². The molecule has 1 saturated heterocycles. The van der Waals surface area contributed by atoms with Crippen LogP contribution in [0.2, 0.25) is 0 Å². The highest BCUT2D eigenvalue weighted by molar-refractivity contribution is 7.91. The number of nitrogens with zero attached hydrogens (tertiary/aromatic N) is 1. The van der Waals surface area contributed by atoms with Gasteiger partial charge in [0.2, 0.25) is 0 Å². The van der Waals surface area contributed by atoms with Gasteiger partial charge in [-0.2, -0.15) is 0 Å². The van der Waals surface area contributed by atoms with Gasteiger partial charge < -0.3 is 4.90 Å². The molecule has 84 valence electrons. The van der Waals surface area contributed by atoms with Crippen molar-refractivity contribution in [1.82, 2.24) is 4.90 Å². The lowest BCUT2D eigenvalue weighted by Crippen LogP contribution is -2.25. The van der Waals surface area contributed by atoms with Gasteiger partial charge in [-0.05, 0) is 52.7 Å². The van der Waals surface area contributed by atoms with Crippen LogP contribution in [0, 0.1) is 0 Å². The van der Waals surface area contributed by atoms with Crippen LogP contribution in [0.1, 0.15) is 33.1 Å². The van der Waals surface area contributed by atoms with Crippen LogP contribution in [0.25, 0.3) is 0 Å². The van der Waals surface area contributed by atoms with Crippen LogP contribution in [0.5, 0.6) is 0 Å². The fraction of sp³-hybridized carbons (Fsp3) is 1.00. The van der Waals surface area contributed by atoms with E-state index in [9.17, 15) is 8.42 Å². The lowest BCUT2D eigenvalue weighted by atomic mass is 10.4. The highest BCUT2D eigenvalue weighted by atomic mass is 32.2. The molecular formula is C10H21NO2S. The molecule has 0 N–H and O–H groups in total. The summed E-state index contributed by atoms with van der Waals surface area (Å²) in [5.41, 5.74) is 0. The number of likely N-dealkylation sites (tertiary alicyclic amines) is 1. The van der Waals surface area contributed by atoms with Crippen molar-refractivity contribution in [2.24, 2.45) is 0 Å². The first-order valence-corrected chi connectivity index (χ1v) is 7.18. The van der Waals surface area contributed by atoms with Gasteiger partial charge in [0.1, 0.15) is 0 Å². The number of hydrogen-bond donors (Lipinski definition) is 0. The van der Waals surface area contributed by atoms with Crippen LogP contribution < -0.4 is 0 Å². The van der Waals surface area contributed by atoms with Crippen LogP contribution in [0.15, 0.2) is 0 Å². The molecular weight excluding hydrogens is 198 g/mol. The molecule has 3 nitrogen and oxygen atoms in total. The largest absolute Gasteiger partial charge is 0.303 e. The van der Waals surface area contributed by atoms with Crippen LogP contribution in [0.4, 0.5) is 0 Å². The lowest BCUT2D eigenvalue weighted by molar-refractivity contribution is 0.340. The fourth-order valence-corrected chi connectivity index (χ4v) is 2.73. The average Bonchev–Trinajstić information content (AvgIpc) is 2.56. The van der Waals surface area contributed by atoms with Gasteiger partial charge in [0.25, 0.3) is 0 Å². The molecule has 0 atom stereocenters. The molecule has 0 bridgehead atoms. The summed E-state index contributed by atoms with van der Waals surface area (Å²) >= 11 is 0. The maximum atomic E-state index is 11.5. The predicted molar refractivity (Wildman–Crippen MR) is 59.2 cm³/mol. The van der Waals surface area contributed by atoms with Crippen LogP contribution in [0.3, 0.4) is 0 Å². The third-order valence-corrected chi connectivity index (χ3v) is 5.11. The summed E-state index contributed by atoms with van der Waals surface area (Å²) in [7, 11) is -2.82. The Balaban J connectivity index is 2.20. The Bertz CT molecular complexity index is 253. The minimum Gasteiger partial charge on any atom is -0.303 e. The van der Waals surface area contributed by atoms with Crippen LogP contribution >= 0.6 is 0 Å². The normalized spacial score (nSPS) is 19.4. The Morgan fingerprint density at radius 1 is 1.21 bits per heavy atom. The Labute approximate surface area is 87.4 Å². The molecule has 1 rings (SSSR count). The summed E-state index contributed by atoms with van der Waals surface area (Å²) in [6, 6.07) is 0. The number of rotatable bonds is 5. The predicted octanol–water partition coefficient (Wildman–Crippen LogP) is 1.30. The monoisotopic (exact) mass is 219 g/mol. The third kappa shape index (κ3) is 3.58. The molecule has 0 amide bonds. The Morgan fingerprint density at radius 3 is 2.29 bits per heavy atom. The van der Waals surface area contributed by atoms with Gasteiger partial charge in [0.05, 0.1) is 11.0 Å². The van der Waals surface area contributed by atoms with Gasteiger partial charge in [0.15, 0.2) is 9.84 Å². The van der Waals surface area contributed by atoms with Gasteiger partial charge in [-0.3, -0.25) is 0 Å². The third-order valence-electron chi connectivity index (χ3n) is 2.82. The highest BCUT2D eigenvalue weighted by Crippen LogP contribution is 2.09. The maximum absolute atomic E-state index is 11.5. The average molecular weight is 219 g/mol. The quantitative estimate of drug-likeness (QED) is 0.699. The standard InChI is InChI=1S/C10H21NO2S/c1-10(2)14(12,13)9-5-8-11-6-3-4-7-11/h10H,3-9H2,1-2H3. The van der Waals surface area contributed by atoms with E-state index >= 15 is 0 Å². The van der Waals surface area contributed by atoms with Gasteiger partial charge in [-0.25, -0.2) is 8.42 Å². The number of sulfone groups is 1. The first kappa shape index (κ1) is 12.0. The van der Waals surface area contributed by atoms with Crippen molar-refractivity contribution in [3.8, 4) is 0 Å². The van der Waals surface area contributed by atoms with E-state index in [1.807, 2.05) is 0 Å². The van der Waals surface area contributed by atoms with E-state index in [1.165, 1.54) is 12.8 Å². The second kappa shape index (κ2) is 5.12. The molecule has 0 aromatic heterocycles. The second-order valence-corrected chi connectivity index (χ2v) is 6.99. The molecule has 14 heavy (non-hydrogen) atoms. The summed E-state index contributed by atoms with van der Waals surface area (Å²) in [6.07, 6.45) is 3.34. The van der Waals surface area contributed by atoms with E-state index in [2.05, 4.69) is 4.90 Å². The Kier molecular flexibility index (Phi) is 4.38. The molecule has 0 aliphatic carbocycles. The van der Waals surface area contributed by atoms with E-state index < -0.39 is 9.84 Å². The molecule has 4 heteroatoms. The molecule has 1 heterocycles. The molecule has 0 unspecified atom stereocenters. The van der Waals surface area contributed by atoms with Gasteiger partial charge in [-0.1, -0.05) is 0 Å². The SMILES string of the molecule is CC(C)S(=O)(=O)CCCN1CCCC1. The molecule has 1 aliphatic heterocycles. The van der Waals surface area contributed by atoms with E-state index in [0.29, 0.717) is 5.75 Å². The number of hydrogen-bond acceptors (Lipinski definition) is 3. The minimum absolute atomic E-state index is 0.221. The molecule has 1 fully saturated rings. The van der Waals surface area contributed by atoms with Crippen molar-refractivity contribution in [3.05, 3.63) is 0 Å². The molecule has 1 aliphatic rings. The fourth-order valence-electron chi connectivity index (χ4n) is 1.73. The highest BCUT2D eigenvalue weighted by Gasteiger charge is 2.17. The van der Waals surface area contributed by atoms with Crippen LogP contribution in [-0.2, 0) is 9.84 Å². The molecule has 0 spiro atoms. The summed E-state index contributed by atoms with van der Waals surface area (Å²) in [4.78, 5) is 2.36.